The van der Waals surface area contributed by atoms with Crippen molar-refractivity contribution in [3.63, 3.8) is 0 Å². The van der Waals surface area contributed by atoms with Crippen molar-refractivity contribution in [2.24, 2.45) is 0 Å². The first kappa shape index (κ1) is 19.6. The van der Waals surface area contributed by atoms with Gasteiger partial charge in [0.25, 0.3) is 5.91 Å². The Morgan fingerprint density at radius 2 is 1.77 bits per heavy atom. The van der Waals surface area contributed by atoms with Gasteiger partial charge in [-0.05, 0) is 43.2 Å². The zero-order valence-electron chi connectivity index (χ0n) is 16.6. The van der Waals surface area contributed by atoms with Crippen LogP contribution in [0.2, 0.25) is 0 Å². The number of rotatable bonds is 5. The number of imide groups is 1. The van der Waals surface area contributed by atoms with Gasteiger partial charge in [-0.3, -0.25) is 19.3 Å². The van der Waals surface area contributed by atoms with Crippen LogP contribution in [0.5, 0.6) is 0 Å². The molecule has 0 bridgehead atoms. The Bertz CT molecular complexity index is 1010. The van der Waals surface area contributed by atoms with Crippen LogP contribution in [-0.4, -0.2) is 41.7 Å². The van der Waals surface area contributed by atoms with E-state index in [9.17, 15) is 19.2 Å². The van der Waals surface area contributed by atoms with E-state index in [0.717, 1.165) is 17.0 Å². The number of urea groups is 1. The summed E-state index contributed by atoms with van der Waals surface area (Å²) in [6, 6.07) is 15.2. The van der Waals surface area contributed by atoms with E-state index in [4.69, 9.17) is 0 Å². The van der Waals surface area contributed by atoms with E-state index in [2.05, 4.69) is 10.6 Å². The van der Waals surface area contributed by atoms with Crippen molar-refractivity contribution >= 4 is 35.1 Å². The number of hydrogen-bond acceptors (Lipinski definition) is 4. The Labute approximate surface area is 173 Å². The van der Waals surface area contributed by atoms with E-state index in [1.165, 1.54) is 0 Å². The maximum absolute atomic E-state index is 12.9. The lowest BCUT2D eigenvalue weighted by atomic mass is 9.92. The number of carbonyl (C=O) groups excluding carboxylic acids is 4. The van der Waals surface area contributed by atoms with Crippen molar-refractivity contribution in [3.05, 3.63) is 60.2 Å². The van der Waals surface area contributed by atoms with Gasteiger partial charge in [0.1, 0.15) is 12.1 Å². The van der Waals surface area contributed by atoms with Crippen LogP contribution in [-0.2, 0) is 19.9 Å². The summed E-state index contributed by atoms with van der Waals surface area (Å²) in [6.07, 6.45) is 1.39. The van der Waals surface area contributed by atoms with Crippen LogP contribution < -0.4 is 15.5 Å². The molecule has 0 unspecified atom stereocenters. The molecule has 2 aromatic rings. The zero-order valence-corrected chi connectivity index (χ0v) is 16.6. The Kier molecular flexibility index (Phi) is 4.99. The van der Waals surface area contributed by atoms with Gasteiger partial charge in [0.05, 0.1) is 0 Å². The van der Waals surface area contributed by atoms with Gasteiger partial charge in [-0.25, -0.2) is 4.79 Å². The molecular formula is C22H22N4O4. The third-order valence-electron chi connectivity index (χ3n) is 5.46. The lowest BCUT2D eigenvalue weighted by molar-refractivity contribution is -0.133. The fourth-order valence-electron chi connectivity index (χ4n) is 3.80. The molecule has 0 spiro atoms. The molecule has 8 nitrogen and oxygen atoms in total. The summed E-state index contributed by atoms with van der Waals surface area (Å²) < 4.78 is 0. The predicted molar refractivity (Wildman–Crippen MR) is 111 cm³/mol. The molecule has 30 heavy (non-hydrogen) atoms. The largest absolute Gasteiger partial charge is 0.325 e. The first-order chi connectivity index (χ1) is 14.4. The number of carbonyl (C=O) groups is 4. The van der Waals surface area contributed by atoms with Crippen molar-refractivity contribution in [1.29, 1.82) is 0 Å². The van der Waals surface area contributed by atoms with E-state index in [1.807, 2.05) is 6.07 Å². The summed E-state index contributed by atoms with van der Waals surface area (Å²) in [7, 11) is 0. The van der Waals surface area contributed by atoms with Gasteiger partial charge in [-0.15, -0.1) is 0 Å². The number of anilines is 2. The molecule has 2 saturated heterocycles. The average molecular weight is 406 g/mol. The number of nitrogens with one attached hydrogen (secondary N) is 2. The van der Waals surface area contributed by atoms with E-state index < -0.39 is 23.4 Å². The van der Waals surface area contributed by atoms with Gasteiger partial charge in [0.2, 0.25) is 11.8 Å². The highest BCUT2D eigenvalue weighted by atomic mass is 16.2. The molecule has 154 valence electrons. The van der Waals surface area contributed by atoms with Crippen LogP contribution in [0.25, 0.3) is 0 Å². The van der Waals surface area contributed by atoms with Crippen LogP contribution in [0.3, 0.4) is 0 Å². The highest BCUT2D eigenvalue weighted by Crippen LogP contribution is 2.28. The van der Waals surface area contributed by atoms with Crippen molar-refractivity contribution in [2.75, 3.05) is 23.3 Å². The average Bonchev–Trinajstić information content (AvgIpc) is 3.26. The number of hydrogen-bond donors (Lipinski definition) is 2. The molecule has 2 N–H and O–H groups in total. The van der Waals surface area contributed by atoms with Gasteiger partial charge < -0.3 is 15.5 Å². The smallest absolute Gasteiger partial charge is 0.325 e. The van der Waals surface area contributed by atoms with Crippen LogP contribution in [0, 0.1) is 0 Å². The summed E-state index contributed by atoms with van der Waals surface area (Å²) >= 11 is 0. The molecule has 2 aliphatic rings. The normalized spacial score (nSPS) is 21.2. The number of nitrogens with zero attached hydrogens (tertiary/aromatic N) is 2. The predicted octanol–water partition coefficient (Wildman–Crippen LogP) is 2.22. The molecule has 2 fully saturated rings. The second kappa shape index (κ2) is 7.62. The zero-order chi connectivity index (χ0) is 21.3. The van der Waals surface area contributed by atoms with Crippen LogP contribution in [0.1, 0.15) is 25.3 Å². The molecule has 0 aliphatic carbocycles. The second-order valence-corrected chi connectivity index (χ2v) is 7.56. The van der Waals surface area contributed by atoms with Crippen LogP contribution in [0.4, 0.5) is 16.2 Å². The first-order valence-corrected chi connectivity index (χ1v) is 9.78. The maximum Gasteiger partial charge on any atom is 0.325 e. The topological polar surface area (TPSA) is 98.8 Å². The quantitative estimate of drug-likeness (QED) is 0.744. The third-order valence-corrected chi connectivity index (χ3v) is 5.46. The molecule has 2 aromatic carbocycles. The minimum Gasteiger partial charge on any atom is -0.325 e. The fraction of sp³-hybridized carbons (Fsp3) is 0.273. The number of amides is 5. The van der Waals surface area contributed by atoms with Gasteiger partial charge in [0, 0.05) is 24.3 Å². The molecule has 8 heteroatoms. The van der Waals surface area contributed by atoms with Crippen LogP contribution >= 0.6 is 0 Å². The third kappa shape index (κ3) is 3.52. The highest BCUT2D eigenvalue weighted by Gasteiger charge is 2.49. The van der Waals surface area contributed by atoms with E-state index in [-0.39, 0.29) is 12.5 Å². The minimum absolute atomic E-state index is 0.0896. The Hall–Kier alpha value is -3.68. The highest BCUT2D eigenvalue weighted by molar-refractivity contribution is 6.10. The van der Waals surface area contributed by atoms with Gasteiger partial charge in [0.15, 0.2) is 0 Å². The van der Waals surface area contributed by atoms with Crippen molar-refractivity contribution in [3.8, 4) is 0 Å². The molecular weight excluding hydrogens is 384 g/mol. The second-order valence-electron chi connectivity index (χ2n) is 7.56. The molecule has 5 amide bonds. The maximum atomic E-state index is 12.9. The molecule has 0 saturated carbocycles. The Morgan fingerprint density at radius 1 is 1.07 bits per heavy atom. The SMILES string of the molecule is C[C@@]1(c2ccccc2)NC(=O)N(CC(=O)Nc2ccc(N3CCCC3=O)cc2)C1=O. The van der Waals surface area contributed by atoms with Crippen LogP contribution in [0.15, 0.2) is 54.6 Å². The molecule has 0 aromatic heterocycles. The van der Waals surface area contributed by atoms with Gasteiger partial charge in [-0.2, -0.15) is 0 Å². The Morgan fingerprint density at radius 3 is 2.40 bits per heavy atom. The van der Waals surface area contributed by atoms with E-state index in [0.29, 0.717) is 24.2 Å². The molecule has 2 heterocycles. The molecule has 4 rings (SSSR count). The summed E-state index contributed by atoms with van der Waals surface area (Å²) in [6.45, 7) is 1.93. The van der Waals surface area contributed by atoms with E-state index >= 15 is 0 Å². The minimum atomic E-state index is -1.21. The van der Waals surface area contributed by atoms with Crippen molar-refractivity contribution in [1.82, 2.24) is 10.2 Å². The molecule has 2 aliphatic heterocycles. The summed E-state index contributed by atoms with van der Waals surface area (Å²) in [5.41, 5.74) is 0.748. The van der Waals surface area contributed by atoms with Crippen molar-refractivity contribution in [2.45, 2.75) is 25.3 Å². The standard InChI is InChI=1S/C22H22N4O4/c1-22(15-6-3-2-4-7-15)20(29)26(21(30)24-22)14-18(27)23-16-9-11-17(12-10-16)25-13-5-8-19(25)28/h2-4,6-7,9-12H,5,8,13-14H2,1H3,(H,23,27)(H,24,30)/t22-/m0/s1. The lowest BCUT2D eigenvalue weighted by Gasteiger charge is -2.22. The number of benzene rings is 2. The Balaban J connectivity index is 1.41. The monoisotopic (exact) mass is 406 g/mol. The van der Waals surface area contributed by atoms with E-state index in [1.54, 1.807) is 60.4 Å². The first-order valence-electron chi connectivity index (χ1n) is 9.78. The summed E-state index contributed by atoms with van der Waals surface area (Å²) in [5, 5.41) is 5.37. The summed E-state index contributed by atoms with van der Waals surface area (Å²) in [4.78, 5) is 52.1. The van der Waals surface area contributed by atoms with Gasteiger partial charge >= 0.3 is 6.03 Å². The molecule has 1 atom stereocenters. The fourth-order valence-corrected chi connectivity index (χ4v) is 3.80. The van der Waals surface area contributed by atoms with Gasteiger partial charge in [-0.1, -0.05) is 30.3 Å². The lowest BCUT2D eigenvalue weighted by Crippen LogP contribution is -2.42. The molecule has 0 radical (unpaired) electrons. The summed E-state index contributed by atoms with van der Waals surface area (Å²) in [5.74, 6) is -0.871. The van der Waals surface area contributed by atoms with Crippen molar-refractivity contribution < 1.29 is 19.2 Å².